The van der Waals surface area contributed by atoms with Gasteiger partial charge in [-0.2, -0.15) is 0 Å². The summed E-state index contributed by atoms with van der Waals surface area (Å²) in [5, 5.41) is 1.25. The largest absolute Gasteiger partial charge is 0.422 e. The first-order chi connectivity index (χ1) is 34.1. The van der Waals surface area contributed by atoms with Crippen LogP contribution in [0.15, 0.2) is 21.3 Å². The maximum Gasteiger partial charge on any atom is 0.340 e. The van der Waals surface area contributed by atoms with Gasteiger partial charge in [0, 0.05) is 63.2 Å². The molecule has 3 rings (SSSR count). The number of hydroxylamine groups is 2. The standard InChI is InChI=1S/C47H75N3O18.CH2O/c1-37-34-39-38(2)40(47(55)67-42(39)36-41(37)48)35-45(53)49(11-6-4-5-8-46(54)68-50-43(51)9-10-44(50)52)12-7-13-57-16-17-59-20-21-61-24-25-63-28-29-65-32-33-66-31-30-64-27-26-62-23-22-60-19-18-58-15-14-56-3;1-2/h34,36H,4-33,35,48H2,1-3H3;1H2. The minimum absolute atomic E-state index is 0.0138. The topological polar surface area (TPSA) is 259 Å². The van der Waals surface area contributed by atoms with Crippen molar-refractivity contribution in [2.45, 2.75) is 65.2 Å². The zero-order chi connectivity index (χ0) is 51.0. The molecule has 0 spiro atoms. The van der Waals surface area contributed by atoms with E-state index in [0.717, 1.165) is 10.9 Å². The van der Waals surface area contributed by atoms with Crippen LogP contribution in [0.25, 0.3) is 11.0 Å². The Balaban J connectivity index is 0.00000829. The van der Waals surface area contributed by atoms with E-state index in [1.165, 1.54) is 0 Å². The second-order valence-electron chi connectivity index (χ2n) is 15.6. The quantitative estimate of drug-likeness (QED) is 0.0433. The van der Waals surface area contributed by atoms with E-state index in [0.29, 0.717) is 199 Å². The van der Waals surface area contributed by atoms with E-state index in [4.69, 9.17) is 71.9 Å². The van der Waals surface area contributed by atoms with Gasteiger partial charge in [-0.25, -0.2) is 9.59 Å². The van der Waals surface area contributed by atoms with Crippen LogP contribution in [0.2, 0.25) is 0 Å². The first kappa shape index (κ1) is 61.7. The van der Waals surface area contributed by atoms with Gasteiger partial charge < -0.3 is 76.8 Å². The molecule has 1 saturated heterocycles. The van der Waals surface area contributed by atoms with Crippen molar-refractivity contribution >= 4 is 47.1 Å². The number of unbranched alkanes of at least 4 members (excludes halogenated alkanes) is 2. The zero-order valence-electron chi connectivity index (χ0n) is 41.5. The number of carbonyl (C=O) groups is 5. The van der Waals surface area contributed by atoms with E-state index in [-0.39, 0.29) is 37.2 Å². The van der Waals surface area contributed by atoms with Crippen molar-refractivity contribution in [2.75, 3.05) is 165 Å². The highest BCUT2D eigenvalue weighted by atomic mass is 16.7. The molecule has 2 aromatic rings. The molecule has 1 aliphatic heterocycles. The normalized spacial score (nSPS) is 12.5. The minimum atomic E-state index is -0.666. The number of hydrogen-bond donors (Lipinski definition) is 1. The number of nitrogen functional groups attached to an aromatic ring is 1. The van der Waals surface area contributed by atoms with Crippen LogP contribution in [0, 0.1) is 13.8 Å². The van der Waals surface area contributed by atoms with Crippen molar-refractivity contribution in [3.63, 3.8) is 0 Å². The van der Waals surface area contributed by atoms with Crippen molar-refractivity contribution in [1.82, 2.24) is 9.96 Å². The third-order valence-electron chi connectivity index (χ3n) is 10.4. The van der Waals surface area contributed by atoms with Gasteiger partial charge >= 0.3 is 11.6 Å². The lowest BCUT2D eigenvalue weighted by atomic mass is 10.0. The molecule has 0 aliphatic carbocycles. The van der Waals surface area contributed by atoms with E-state index >= 15 is 0 Å². The fourth-order valence-corrected chi connectivity index (χ4v) is 6.52. The molecule has 398 valence electrons. The summed E-state index contributed by atoms with van der Waals surface area (Å²) in [5.74, 6) is -1.97. The smallest absolute Gasteiger partial charge is 0.340 e. The van der Waals surface area contributed by atoms with E-state index in [1.807, 2.05) is 19.8 Å². The summed E-state index contributed by atoms with van der Waals surface area (Å²) < 4.78 is 65.6. The van der Waals surface area contributed by atoms with Crippen LogP contribution in [-0.2, 0) is 87.3 Å². The Hall–Kier alpha value is -4.46. The molecule has 1 aromatic carbocycles. The minimum Gasteiger partial charge on any atom is -0.422 e. The molecule has 2 N–H and O–H groups in total. The number of ether oxygens (including phenoxy) is 11. The average molecular weight is 1000 g/mol. The summed E-state index contributed by atoms with van der Waals surface area (Å²) in [6.07, 6.45) is 2.05. The van der Waals surface area contributed by atoms with Crippen molar-refractivity contribution in [1.29, 1.82) is 0 Å². The number of benzene rings is 1. The number of aryl methyl sites for hydroxylation is 2. The summed E-state index contributed by atoms with van der Waals surface area (Å²) in [6, 6.07) is 3.47. The van der Waals surface area contributed by atoms with Gasteiger partial charge in [-0.15, -0.1) is 5.06 Å². The van der Waals surface area contributed by atoms with Crippen molar-refractivity contribution in [2.24, 2.45) is 0 Å². The van der Waals surface area contributed by atoms with E-state index in [9.17, 15) is 24.0 Å². The van der Waals surface area contributed by atoms with Crippen LogP contribution in [-0.4, -0.2) is 199 Å². The third-order valence-corrected chi connectivity index (χ3v) is 10.4. The summed E-state index contributed by atoms with van der Waals surface area (Å²) in [4.78, 5) is 77.1. The number of anilines is 1. The van der Waals surface area contributed by atoms with Crippen LogP contribution in [0.1, 0.15) is 61.6 Å². The lowest BCUT2D eigenvalue weighted by Crippen LogP contribution is -2.36. The number of rotatable bonds is 43. The number of amides is 3. The first-order valence-electron chi connectivity index (χ1n) is 23.8. The molecular formula is C48H77N3O19. The molecule has 1 aliphatic rings. The van der Waals surface area contributed by atoms with Gasteiger partial charge in [-0.3, -0.25) is 14.4 Å². The fraction of sp³-hybridized carbons (Fsp3) is 0.708. The predicted octanol–water partition coefficient (Wildman–Crippen LogP) is 2.55. The number of nitrogens with zero attached hydrogens (tertiary/aromatic N) is 2. The second-order valence-corrected chi connectivity index (χ2v) is 15.6. The average Bonchev–Trinajstić information content (AvgIpc) is 3.66. The fourth-order valence-electron chi connectivity index (χ4n) is 6.52. The Morgan fingerprint density at radius 1 is 0.600 bits per heavy atom. The van der Waals surface area contributed by atoms with Crippen LogP contribution >= 0.6 is 0 Å². The van der Waals surface area contributed by atoms with Gasteiger partial charge in [0.05, 0.1) is 144 Å². The van der Waals surface area contributed by atoms with Crippen molar-refractivity contribution in [3.8, 4) is 0 Å². The first-order valence-corrected chi connectivity index (χ1v) is 23.8. The summed E-state index contributed by atoms with van der Waals surface area (Å²) >= 11 is 0. The number of methoxy groups -OCH3 is 1. The Morgan fingerprint density at radius 3 is 1.46 bits per heavy atom. The van der Waals surface area contributed by atoms with Gasteiger partial charge in [0.15, 0.2) is 0 Å². The number of carbonyl (C=O) groups excluding carboxylic acids is 5. The molecule has 70 heavy (non-hydrogen) atoms. The predicted molar refractivity (Wildman–Crippen MR) is 254 cm³/mol. The summed E-state index contributed by atoms with van der Waals surface area (Å²) in [7, 11) is 1.64. The van der Waals surface area contributed by atoms with Gasteiger partial charge in [0.2, 0.25) is 5.91 Å². The van der Waals surface area contributed by atoms with Gasteiger partial charge in [0.1, 0.15) is 12.4 Å². The Kier molecular flexibility index (Phi) is 35.4. The molecule has 0 bridgehead atoms. The molecule has 0 atom stereocenters. The highest BCUT2D eigenvalue weighted by Crippen LogP contribution is 2.25. The van der Waals surface area contributed by atoms with E-state index < -0.39 is 23.4 Å². The van der Waals surface area contributed by atoms with Gasteiger partial charge in [0.25, 0.3) is 11.8 Å². The molecule has 0 radical (unpaired) electrons. The zero-order valence-corrected chi connectivity index (χ0v) is 41.5. The SMILES string of the molecule is C=O.COCCOCCOCCOCCOCCOCCOCCOCCOCCOCCOCCCN(CCCCCC(=O)ON1C(=O)CCC1=O)C(=O)Cc1c(C)c2cc(C)c(N)cc2oc1=O. The third kappa shape index (κ3) is 27.2. The van der Waals surface area contributed by atoms with Crippen LogP contribution in [0.5, 0.6) is 0 Å². The molecule has 1 aromatic heterocycles. The molecule has 22 nitrogen and oxygen atoms in total. The molecule has 2 heterocycles. The number of nitrogens with two attached hydrogens (primary N) is 1. The number of imide groups is 1. The van der Waals surface area contributed by atoms with Crippen LogP contribution < -0.4 is 11.4 Å². The van der Waals surface area contributed by atoms with E-state index in [2.05, 4.69) is 0 Å². The molecular weight excluding hydrogens is 923 g/mol. The van der Waals surface area contributed by atoms with Crippen LogP contribution in [0.3, 0.4) is 0 Å². The summed E-state index contributed by atoms with van der Waals surface area (Å²) in [6.45, 7) is 16.2. The lowest BCUT2D eigenvalue weighted by Gasteiger charge is -2.23. The highest BCUT2D eigenvalue weighted by Gasteiger charge is 2.32. The molecule has 0 saturated carbocycles. The molecule has 0 unspecified atom stereocenters. The monoisotopic (exact) mass is 1000 g/mol. The maximum atomic E-state index is 13.7. The Bertz CT molecular complexity index is 1800. The van der Waals surface area contributed by atoms with Gasteiger partial charge in [-0.05, 0) is 50.3 Å². The lowest BCUT2D eigenvalue weighted by molar-refractivity contribution is -0.197. The van der Waals surface area contributed by atoms with Crippen LogP contribution in [0.4, 0.5) is 5.69 Å². The number of fused-ring (bicyclic) bond motifs is 1. The highest BCUT2D eigenvalue weighted by molar-refractivity contribution is 6.01. The van der Waals surface area contributed by atoms with Crippen molar-refractivity contribution in [3.05, 3.63) is 39.2 Å². The molecule has 1 fully saturated rings. The second kappa shape index (κ2) is 40.2. The summed E-state index contributed by atoms with van der Waals surface area (Å²) in [5.41, 5.74) is 8.09. The number of hydrogen-bond acceptors (Lipinski definition) is 20. The Labute approximate surface area is 410 Å². The van der Waals surface area contributed by atoms with Gasteiger partial charge in [-0.1, -0.05) is 6.42 Å². The molecule has 3 amide bonds. The molecule has 22 heteroatoms. The van der Waals surface area contributed by atoms with E-state index in [1.54, 1.807) is 25.0 Å². The van der Waals surface area contributed by atoms with Crippen molar-refractivity contribution < 1.29 is 85.3 Å². The Morgan fingerprint density at radius 2 is 1.01 bits per heavy atom. The maximum absolute atomic E-state index is 13.7.